The number of hydrogen-bond acceptors (Lipinski definition) is 2. The Morgan fingerprint density at radius 3 is 2.43 bits per heavy atom. The minimum atomic E-state index is -0.914. The van der Waals surface area contributed by atoms with Crippen molar-refractivity contribution in [1.29, 1.82) is 0 Å². The van der Waals surface area contributed by atoms with Crippen molar-refractivity contribution in [2.45, 2.75) is 39.5 Å². The minimum absolute atomic E-state index is 0.0601. The molecule has 4 nitrogen and oxygen atoms in total. The molecule has 0 bridgehead atoms. The van der Waals surface area contributed by atoms with Gasteiger partial charge >= 0.3 is 5.97 Å². The molecule has 1 aromatic carbocycles. The first-order valence-electron chi connectivity index (χ1n) is 7.06. The summed E-state index contributed by atoms with van der Waals surface area (Å²) in [4.78, 5) is 11.6. The van der Waals surface area contributed by atoms with Gasteiger partial charge in [-0.05, 0) is 36.6 Å². The fourth-order valence-electron chi connectivity index (χ4n) is 2.44. The molecule has 0 fully saturated rings. The third kappa shape index (κ3) is 3.10. The van der Waals surface area contributed by atoms with Crippen molar-refractivity contribution in [3.63, 3.8) is 0 Å². The summed E-state index contributed by atoms with van der Waals surface area (Å²) in [7, 11) is 0. The third-order valence-corrected chi connectivity index (χ3v) is 3.56. The van der Waals surface area contributed by atoms with E-state index >= 15 is 0 Å². The quantitative estimate of drug-likeness (QED) is 0.896. The first-order chi connectivity index (χ1) is 9.95. The van der Waals surface area contributed by atoms with E-state index in [1.54, 1.807) is 16.8 Å². The molecule has 1 aromatic heterocycles. The minimum Gasteiger partial charge on any atom is -0.478 e. The summed E-state index contributed by atoms with van der Waals surface area (Å²) < 4.78 is 1.73. The van der Waals surface area contributed by atoms with E-state index in [-0.39, 0.29) is 5.92 Å². The van der Waals surface area contributed by atoms with Crippen LogP contribution in [0.3, 0.4) is 0 Å². The first kappa shape index (κ1) is 15.6. The van der Waals surface area contributed by atoms with Crippen LogP contribution in [0.4, 0.5) is 0 Å². The summed E-state index contributed by atoms with van der Waals surface area (Å²) >= 11 is 5.91. The largest absolute Gasteiger partial charge is 0.478 e. The lowest BCUT2D eigenvalue weighted by Gasteiger charge is -2.11. The molecular formula is C16H19ClN2O2. The van der Waals surface area contributed by atoms with Crippen molar-refractivity contribution in [3.05, 3.63) is 46.2 Å². The van der Waals surface area contributed by atoms with E-state index in [0.717, 1.165) is 17.8 Å². The number of aromatic carboxylic acids is 1. The van der Waals surface area contributed by atoms with Crippen molar-refractivity contribution in [1.82, 2.24) is 9.78 Å². The number of aromatic nitrogens is 2. The Hall–Kier alpha value is -1.81. The van der Waals surface area contributed by atoms with Crippen molar-refractivity contribution in [2.24, 2.45) is 0 Å². The Labute approximate surface area is 129 Å². The molecule has 112 valence electrons. The summed E-state index contributed by atoms with van der Waals surface area (Å²) in [5.41, 5.74) is 2.53. The van der Waals surface area contributed by atoms with Gasteiger partial charge in [0.05, 0.1) is 17.1 Å². The molecule has 1 N–H and O–H groups in total. The highest BCUT2D eigenvalue weighted by atomic mass is 35.5. The Kier molecular flexibility index (Phi) is 4.68. The predicted molar refractivity (Wildman–Crippen MR) is 83.6 cm³/mol. The van der Waals surface area contributed by atoms with Gasteiger partial charge in [0.15, 0.2) is 0 Å². The lowest BCUT2D eigenvalue weighted by molar-refractivity contribution is 0.0694. The number of carboxylic acid groups (broad SMARTS) is 1. The number of aryl methyl sites for hydroxylation is 1. The molecule has 0 aliphatic carbocycles. The fourth-order valence-corrected chi connectivity index (χ4v) is 2.56. The van der Waals surface area contributed by atoms with Gasteiger partial charge < -0.3 is 5.11 Å². The summed E-state index contributed by atoms with van der Waals surface area (Å²) in [6.07, 6.45) is 1.51. The molecule has 0 saturated carbocycles. The van der Waals surface area contributed by atoms with Crippen LogP contribution in [0.2, 0.25) is 5.02 Å². The van der Waals surface area contributed by atoms with E-state index in [1.165, 1.54) is 0 Å². The number of carbonyl (C=O) groups is 1. The van der Waals surface area contributed by atoms with Crippen LogP contribution in [0.1, 0.15) is 54.9 Å². The number of carboxylic acids is 1. The molecule has 0 unspecified atom stereocenters. The van der Waals surface area contributed by atoms with Crippen molar-refractivity contribution in [2.75, 3.05) is 0 Å². The lowest BCUT2D eigenvalue weighted by atomic mass is 10.0. The van der Waals surface area contributed by atoms with E-state index in [9.17, 15) is 9.90 Å². The average Bonchev–Trinajstić information content (AvgIpc) is 2.79. The highest BCUT2D eigenvalue weighted by Gasteiger charge is 2.25. The van der Waals surface area contributed by atoms with Gasteiger partial charge in [0, 0.05) is 5.02 Å². The van der Waals surface area contributed by atoms with Crippen LogP contribution in [0, 0.1) is 0 Å². The highest BCUT2D eigenvalue weighted by Crippen LogP contribution is 2.27. The number of rotatable bonds is 5. The predicted octanol–water partition coefficient (Wildman–Crippen LogP) is 4.30. The van der Waals surface area contributed by atoms with Crippen molar-refractivity contribution >= 4 is 17.6 Å². The van der Waals surface area contributed by atoms with Gasteiger partial charge in [-0.15, -0.1) is 0 Å². The molecule has 0 aliphatic heterocycles. The van der Waals surface area contributed by atoms with Crippen molar-refractivity contribution in [3.8, 4) is 5.69 Å². The first-order valence-corrected chi connectivity index (χ1v) is 7.44. The molecule has 0 spiro atoms. The number of benzene rings is 1. The molecule has 0 atom stereocenters. The highest BCUT2D eigenvalue weighted by molar-refractivity contribution is 6.30. The molecule has 21 heavy (non-hydrogen) atoms. The molecule has 0 amide bonds. The number of nitrogens with zero attached hydrogens (tertiary/aromatic N) is 2. The Balaban J connectivity index is 2.67. The molecular weight excluding hydrogens is 288 g/mol. The van der Waals surface area contributed by atoms with Crippen LogP contribution in [0.5, 0.6) is 0 Å². The average molecular weight is 307 g/mol. The smallest absolute Gasteiger partial charge is 0.339 e. The normalized spacial score (nSPS) is 11.1. The molecule has 0 aliphatic rings. The van der Waals surface area contributed by atoms with Crippen LogP contribution in [0.15, 0.2) is 24.3 Å². The number of hydrogen-bond donors (Lipinski definition) is 1. The summed E-state index contributed by atoms with van der Waals surface area (Å²) in [5, 5.41) is 14.7. The van der Waals surface area contributed by atoms with Crippen LogP contribution >= 0.6 is 11.6 Å². The zero-order valence-corrected chi connectivity index (χ0v) is 13.2. The zero-order chi connectivity index (χ0) is 15.6. The van der Waals surface area contributed by atoms with Gasteiger partial charge in [-0.2, -0.15) is 5.10 Å². The zero-order valence-electron chi connectivity index (χ0n) is 12.4. The topological polar surface area (TPSA) is 55.1 Å². The van der Waals surface area contributed by atoms with E-state index < -0.39 is 5.97 Å². The molecule has 1 heterocycles. The van der Waals surface area contributed by atoms with E-state index in [0.29, 0.717) is 22.7 Å². The van der Waals surface area contributed by atoms with E-state index in [2.05, 4.69) is 5.10 Å². The number of halogens is 1. The second kappa shape index (κ2) is 6.31. The van der Waals surface area contributed by atoms with Gasteiger partial charge in [0.1, 0.15) is 5.56 Å². The lowest BCUT2D eigenvalue weighted by Crippen LogP contribution is -2.08. The van der Waals surface area contributed by atoms with Gasteiger partial charge in [-0.25, -0.2) is 9.48 Å². The van der Waals surface area contributed by atoms with Crippen molar-refractivity contribution < 1.29 is 9.90 Å². The molecule has 2 aromatic rings. The summed E-state index contributed by atoms with van der Waals surface area (Å²) in [6.45, 7) is 5.97. The molecule has 0 saturated heterocycles. The SMILES string of the molecule is CCCc1nn(-c2ccc(Cl)cc2)c(C(C)C)c1C(=O)O. The van der Waals surface area contributed by atoms with E-state index in [1.807, 2.05) is 32.9 Å². The standard InChI is InChI=1S/C16H19ClN2O2/c1-4-5-13-14(16(20)21)15(10(2)3)19(18-13)12-8-6-11(17)7-9-12/h6-10H,4-5H2,1-3H3,(H,20,21). The monoisotopic (exact) mass is 306 g/mol. The second-order valence-corrected chi connectivity index (χ2v) is 5.74. The summed E-state index contributed by atoms with van der Waals surface area (Å²) in [5.74, 6) is -0.854. The van der Waals surface area contributed by atoms with Crippen LogP contribution in [-0.2, 0) is 6.42 Å². The van der Waals surface area contributed by atoms with Crippen LogP contribution in [0.25, 0.3) is 5.69 Å². The van der Waals surface area contributed by atoms with Gasteiger partial charge in [0.25, 0.3) is 0 Å². The van der Waals surface area contributed by atoms with Gasteiger partial charge in [0.2, 0.25) is 0 Å². The fraction of sp³-hybridized carbons (Fsp3) is 0.375. The molecule has 0 radical (unpaired) electrons. The Morgan fingerprint density at radius 1 is 1.33 bits per heavy atom. The maximum atomic E-state index is 11.6. The Morgan fingerprint density at radius 2 is 1.95 bits per heavy atom. The third-order valence-electron chi connectivity index (χ3n) is 3.31. The maximum absolute atomic E-state index is 11.6. The van der Waals surface area contributed by atoms with Crippen LogP contribution < -0.4 is 0 Å². The van der Waals surface area contributed by atoms with Gasteiger partial charge in [-0.1, -0.05) is 38.8 Å². The van der Waals surface area contributed by atoms with Crippen LogP contribution in [-0.4, -0.2) is 20.9 Å². The van der Waals surface area contributed by atoms with E-state index in [4.69, 9.17) is 11.6 Å². The van der Waals surface area contributed by atoms with Gasteiger partial charge in [-0.3, -0.25) is 0 Å². The maximum Gasteiger partial charge on any atom is 0.339 e. The molecule has 5 heteroatoms. The second-order valence-electron chi connectivity index (χ2n) is 5.31. The molecule has 2 rings (SSSR count). The Bertz CT molecular complexity index is 645. The summed E-state index contributed by atoms with van der Waals surface area (Å²) in [6, 6.07) is 7.26.